The van der Waals surface area contributed by atoms with Gasteiger partial charge in [-0.25, -0.2) is 0 Å². The molecule has 8 aliphatic rings. The minimum atomic E-state index is 0.417. The Morgan fingerprint density at radius 2 is 1.00 bits per heavy atom. The number of fused-ring (bicyclic) bond motifs is 1. The molecule has 8 fully saturated rings. The quantitative estimate of drug-likeness (QED) is 0.529. The van der Waals surface area contributed by atoms with Crippen LogP contribution in [-0.4, -0.2) is 12.2 Å². The maximum absolute atomic E-state index is 11.2. The maximum atomic E-state index is 11.2. The molecule has 0 aromatic heterocycles. The van der Waals surface area contributed by atoms with Gasteiger partial charge in [0, 0.05) is 0 Å². The molecule has 8 saturated carbocycles. The molecule has 10 rings (SSSR count). The van der Waals surface area contributed by atoms with Crippen molar-refractivity contribution in [1.29, 1.82) is 0 Å². The number of benzene rings is 2. The second-order valence-electron chi connectivity index (χ2n) is 13.2. The molecule has 0 amide bonds. The van der Waals surface area contributed by atoms with Crippen molar-refractivity contribution in [1.82, 2.24) is 0 Å². The molecule has 1 N–H and O–H groups in total. The van der Waals surface area contributed by atoms with Crippen LogP contribution in [0.25, 0.3) is 10.8 Å². The van der Waals surface area contributed by atoms with Gasteiger partial charge in [-0.2, -0.15) is 0 Å². The molecule has 0 aliphatic heterocycles. The van der Waals surface area contributed by atoms with E-state index in [1.54, 1.807) is 18.2 Å². The maximum Gasteiger partial charge on any atom is 0.130 e. The lowest BCUT2D eigenvalue weighted by Crippen LogP contribution is -2.44. The van der Waals surface area contributed by atoms with E-state index in [4.69, 9.17) is 4.74 Å². The Balaban J connectivity index is 1.33. The van der Waals surface area contributed by atoms with Crippen molar-refractivity contribution < 1.29 is 9.84 Å². The van der Waals surface area contributed by atoms with Crippen LogP contribution in [0.2, 0.25) is 0 Å². The summed E-state index contributed by atoms with van der Waals surface area (Å²) in [6.45, 7) is 0. The predicted octanol–water partition coefficient (Wildman–Crippen LogP) is 7.63. The van der Waals surface area contributed by atoms with E-state index in [-0.39, 0.29) is 0 Å². The van der Waals surface area contributed by atoms with Crippen LogP contribution in [0.15, 0.2) is 24.3 Å². The molecule has 0 atom stereocenters. The van der Waals surface area contributed by atoms with Gasteiger partial charge in [0.2, 0.25) is 0 Å². The Bertz CT molecular complexity index is 1010. The Hall–Kier alpha value is -1.70. The fraction of sp³-hybridized carbons (Fsp3) is 0.677. The van der Waals surface area contributed by atoms with Crippen LogP contribution >= 0.6 is 0 Å². The summed E-state index contributed by atoms with van der Waals surface area (Å²) in [5.74, 6) is 10.0. The number of methoxy groups -OCH3 is 1. The number of aromatic hydroxyl groups is 1. The van der Waals surface area contributed by atoms with Crippen LogP contribution in [0.4, 0.5) is 0 Å². The lowest BCUT2D eigenvalue weighted by Gasteiger charge is -2.56. The summed E-state index contributed by atoms with van der Waals surface area (Å²) in [6, 6.07) is 8.92. The molecule has 0 unspecified atom stereocenters. The van der Waals surface area contributed by atoms with Crippen molar-refractivity contribution in [2.45, 2.75) is 76.0 Å². The molecule has 2 aromatic carbocycles. The number of rotatable bonds is 3. The van der Waals surface area contributed by atoms with E-state index >= 15 is 0 Å². The first-order valence-electron chi connectivity index (χ1n) is 14.0. The zero-order valence-electron chi connectivity index (χ0n) is 20.0. The van der Waals surface area contributed by atoms with E-state index in [0.29, 0.717) is 17.6 Å². The summed E-state index contributed by atoms with van der Waals surface area (Å²) in [7, 11) is 1.77. The van der Waals surface area contributed by atoms with E-state index in [2.05, 4.69) is 18.2 Å². The number of ether oxygens (including phenoxy) is 1. The third kappa shape index (κ3) is 2.73. The second-order valence-corrected chi connectivity index (χ2v) is 13.2. The van der Waals surface area contributed by atoms with Crippen molar-refractivity contribution in [3.8, 4) is 11.5 Å². The molecule has 8 aliphatic carbocycles. The minimum Gasteiger partial charge on any atom is -0.507 e. The third-order valence-electron chi connectivity index (χ3n) is 11.6. The second kappa shape index (κ2) is 6.92. The molecular formula is C31H38O2. The monoisotopic (exact) mass is 442 g/mol. The van der Waals surface area contributed by atoms with Gasteiger partial charge < -0.3 is 9.84 Å². The highest BCUT2D eigenvalue weighted by Gasteiger charge is 2.51. The zero-order chi connectivity index (χ0) is 21.8. The smallest absolute Gasteiger partial charge is 0.130 e. The van der Waals surface area contributed by atoms with Gasteiger partial charge in [-0.05, 0) is 152 Å². The number of hydrogen-bond donors (Lipinski definition) is 1. The first kappa shape index (κ1) is 19.6. The normalized spacial score (nSPS) is 44.6. The lowest BCUT2D eigenvalue weighted by molar-refractivity contribution is -0.00393. The molecular weight excluding hydrogens is 404 g/mol. The van der Waals surface area contributed by atoms with Crippen molar-refractivity contribution >= 4 is 10.8 Å². The summed E-state index contributed by atoms with van der Waals surface area (Å²) < 4.78 is 5.87. The zero-order valence-corrected chi connectivity index (χ0v) is 20.0. The largest absolute Gasteiger partial charge is 0.507 e. The molecule has 174 valence electrons. The summed E-state index contributed by atoms with van der Waals surface area (Å²) in [5, 5.41) is 13.6. The van der Waals surface area contributed by atoms with Gasteiger partial charge >= 0.3 is 0 Å². The van der Waals surface area contributed by atoms with Crippen LogP contribution in [0, 0.1) is 47.3 Å². The summed E-state index contributed by atoms with van der Waals surface area (Å²) in [5.41, 5.74) is 3.14. The molecule has 2 heteroatoms. The van der Waals surface area contributed by atoms with Crippen LogP contribution in [0.5, 0.6) is 11.5 Å². The Morgan fingerprint density at radius 3 is 1.42 bits per heavy atom. The Labute approximate surface area is 198 Å². The van der Waals surface area contributed by atoms with Crippen LogP contribution in [0.3, 0.4) is 0 Å². The summed E-state index contributed by atoms with van der Waals surface area (Å²) in [4.78, 5) is 0. The number of phenolic OH excluding ortho intramolecular Hbond substituents is 1. The van der Waals surface area contributed by atoms with Gasteiger partial charge in [0.05, 0.1) is 12.5 Å². The molecule has 0 spiro atoms. The van der Waals surface area contributed by atoms with Crippen molar-refractivity contribution in [2.75, 3.05) is 7.11 Å². The van der Waals surface area contributed by atoms with Gasteiger partial charge in [-0.3, -0.25) is 0 Å². The highest BCUT2D eigenvalue weighted by Crippen LogP contribution is 2.64. The third-order valence-corrected chi connectivity index (χ3v) is 11.6. The minimum absolute atomic E-state index is 0.417. The van der Waals surface area contributed by atoms with Crippen molar-refractivity contribution in [3.05, 3.63) is 35.4 Å². The van der Waals surface area contributed by atoms with Gasteiger partial charge in [0.1, 0.15) is 11.5 Å². The Kier molecular flexibility index (Phi) is 4.11. The first-order valence-corrected chi connectivity index (χ1v) is 14.0. The highest BCUT2D eigenvalue weighted by atomic mass is 16.5. The van der Waals surface area contributed by atoms with Crippen LogP contribution in [0.1, 0.15) is 87.2 Å². The molecule has 0 heterocycles. The van der Waals surface area contributed by atoms with Crippen LogP contribution in [-0.2, 0) is 0 Å². The SMILES string of the molecule is COc1ccc(C2C3CC4CC(C3)CC2C4)c2c(C3C4CC5CC(C4)CC3C5)ccc(O)c12. The fourth-order valence-electron chi connectivity index (χ4n) is 11.1. The topological polar surface area (TPSA) is 29.5 Å². The number of phenols is 1. The van der Waals surface area contributed by atoms with Gasteiger partial charge in [-0.1, -0.05) is 12.1 Å². The number of hydrogen-bond acceptors (Lipinski definition) is 2. The van der Waals surface area contributed by atoms with Gasteiger partial charge in [0.15, 0.2) is 0 Å². The average molecular weight is 443 g/mol. The standard InChI is InChI=1S/C31H38O2/c1-33-27-5-3-25(29-22-12-18-7-19(14-22)15-23(29)13-18)30-24(2-4-26(32)31(27)30)28-20-8-16-6-17(10-20)11-21(28)9-16/h2-5,16-23,28-29,32H,6-15H2,1H3. The van der Waals surface area contributed by atoms with E-state index in [1.807, 2.05) is 6.07 Å². The summed E-state index contributed by atoms with van der Waals surface area (Å²) >= 11 is 0. The lowest BCUT2D eigenvalue weighted by atomic mass is 9.49. The average Bonchev–Trinajstić information content (AvgIpc) is 2.79. The molecule has 8 bridgehead atoms. The highest BCUT2D eigenvalue weighted by molar-refractivity contribution is 5.99. The molecule has 33 heavy (non-hydrogen) atoms. The van der Waals surface area contributed by atoms with Crippen molar-refractivity contribution in [3.63, 3.8) is 0 Å². The van der Waals surface area contributed by atoms with E-state index in [0.717, 1.165) is 58.5 Å². The molecule has 2 aromatic rings. The predicted molar refractivity (Wildman–Crippen MR) is 132 cm³/mol. The van der Waals surface area contributed by atoms with Crippen molar-refractivity contribution in [2.24, 2.45) is 47.3 Å². The van der Waals surface area contributed by atoms with E-state index in [1.165, 1.54) is 69.6 Å². The van der Waals surface area contributed by atoms with Crippen LogP contribution < -0.4 is 4.74 Å². The van der Waals surface area contributed by atoms with Gasteiger partial charge in [-0.15, -0.1) is 0 Å². The molecule has 0 radical (unpaired) electrons. The molecule has 2 nitrogen and oxygen atoms in total. The van der Waals surface area contributed by atoms with E-state index < -0.39 is 0 Å². The molecule has 0 saturated heterocycles. The first-order chi connectivity index (χ1) is 16.2. The van der Waals surface area contributed by atoms with Gasteiger partial charge in [0.25, 0.3) is 0 Å². The summed E-state index contributed by atoms with van der Waals surface area (Å²) in [6.07, 6.45) is 14.5. The fourth-order valence-corrected chi connectivity index (χ4v) is 11.1. The van der Waals surface area contributed by atoms with E-state index in [9.17, 15) is 5.11 Å². The Morgan fingerprint density at radius 1 is 0.576 bits per heavy atom.